The van der Waals surface area contributed by atoms with Gasteiger partial charge in [-0.25, -0.2) is 4.79 Å². The molecule has 1 unspecified atom stereocenters. The number of aromatic nitrogens is 4. The Morgan fingerprint density at radius 2 is 1.91 bits per heavy atom. The van der Waals surface area contributed by atoms with Crippen LogP contribution >= 0.6 is 11.6 Å². The molecule has 0 fully saturated rings. The van der Waals surface area contributed by atoms with E-state index in [4.69, 9.17) is 21.1 Å². The van der Waals surface area contributed by atoms with Crippen LogP contribution in [0.3, 0.4) is 0 Å². The van der Waals surface area contributed by atoms with Crippen LogP contribution in [0.1, 0.15) is 12.5 Å². The van der Waals surface area contributed by atoms with Crippen LogP contribution in [0.25, 0.3) is 11.2 Å². The molecule has 172 valence electrons. The second-order valence-electron chi connectivity index (χ2n) is 7.52. The summed E-state index contributed by atoms with van der Waals surface area (Å²) in [4.78, 5) is 31.3. The molecule has 0 spiro atoms. The van der Waals surface area contributed by atoms with Gasteiger partial charge in [0.15, 0.2) is 11.2 Å². The lowest BCUT2D eigenvalue weighted by molar-refractivity contribution is 0.0915. The van der Waals surface area contributed by atoms with E-state index in [9.17, 15) is 14.7 Å². The summed E-state index contributed by atoms with van der Waals surface area (Å²) in [6, 6.07) is 14.3. The second kappa shape index (κ2) is 9.51. The molecule has 33 heavy (non-hydrogen) atoms. The third-order valence-corrected chi connectivity index (χ3v) is 5.39. The van der Waals surface area contributed by atoms with Crippen LogP contribution in [0.5, 0.6) is 17.5 Å². The van der Waals surface area contributed by atoms with Gasteiger partial charge in [-0.05, 0) is 48.4 Å². The number of hydrogen-bond donors (Lipinski definition) is 2. The Balaban J connectivity index is 1.67. The fourth-order valence-electron chi connectivity index (χ4n) is 3.38. The molecule has 0 saturated heterocycles. The number of ether oxygens (including phenoxy) is 2. The van der Waals surface area contributed by atoms with E-state index in [-0.39, 0.29) is 30.3 Å². The number of aliphatic hydroxyl groups excluding tert-OH is 1. The molecule has 0 aliphatic carbocycles. The van der Waals surface area contributed by atoms with Crippen LogP contribution in [-0.4, -0.2) is 36.9 Å². The average molecular weight is 471 g/mol. The van der Waals surface area contributed by atoms with Crippen LogP contribution in [0.2, 0.25) is 5.02 Å². The molecule has 0 radical (unpaired) electrons. The zero-order valence-corrected chi connectivity index (χ0v) is 18.9. The summed E-state index contributed by atoms with van der Waals surface area (Å²) in [6.07, 6.45) is -0.179. The Morgan fingerprint density at radius 3 is 2.64 bits per heavy atom. The van der Waals surface area contributed by atoms with Gasteiger partial charge in [0.1, 0.15) is 24.2 Å². The van der Waals surface area contributed by atoms with E-state index < -0.39 is 17.4 Å². The van der Waals surface area contributed by atoms with Crippen molar-refractivity contribution < 1.29 is 14.6 Å². The second-order valence-corrected chi connectivity index (χ2v) is 7.95. The summed E-state index contributed by atoms with van der Waals surface area (Å²) < 4.78 is 14.3. The molecule has 4 rings (SSSR count). The van der Waals surface area contributed by atoms with E-state index in [1.54, 1.807) is 30.3 Å². The Kier molecular flexibility index (Phi) is 6.52. The average Bonchev–Trinajstić information content (AvgIpc) is 3.15. The van der Waals surface area contributed by atoms with Gasteiger partial charge in [0.2, 0.25) is 0 Å². The van der Waals surface area contributed by atoms with Crippen molar-refractivity contribution >= 4 is 22.8 Å². The molecule has 0 bridgehead atoms. The van der Waals surface area contributed by atoms with Crippen molar-refractivity contribution in [3.05, 3.63) is 80.0 Å². The Morgan fingerprint density at radius 1 is 1.15 bits per heavy atom. The van der Waals surface area contributed by atoms with Crippen LogP contribution in [-0.2, 0) is 20.0 Å². The third-order valence-electron chi connectivity index (χ3n) is 5.14. The summed E-state index contributed by atoms with van der Waals surface area (Å²) in [5, 5.41) is 11.2. The van der Waals surface area contributed by atoms with Gasteiger partial charge in [-0.15, -0.1) is 0 Å². The number of hydrogen-bond acceptors (Lipinski definition) is 6. The highest BCUT2D eigenvalue weighted by Crippen LogP contribution is 2.25. The van der Waals surface area contributed by atoms with Gasteiger partial charge in [0.05, 0.1) is 6.54 Å². The maximum Gasteiger partial charge on any atom is 0.329 e. The quantitative estimate of drug-likeness (QED) is 0.409. The van der Waals surface area contributed by atoms with E-state index in [2.05, 4.69) is 9.97 Å². The highest BCUT2D eigenvalue weighted by Gasteiger charge is 2.21. The van der Waals surface area contributed by atoms with Crippen LogP contribution in [0.4, 0.5) is 0 Å². The summed E-state index contributed by atoms with van der Waals surface area (Å²) >= 11 is 5.88. The number of imidazole rings is 1. The van der Waals surface area contributed by atoms with Gasteiger partial charge in [-0.3, -0.25) is 18.9 Å². The predicted octanol–water partition coefficient (Wildman–Crippen LogP) is 2.87. The predicted molar refractivity (Wildman–Crippen MR) is 124 cm³/mol. The standard InChI is InChI=1S/C23H23ClN4O5/c1-3-14-5-4-6-18(11-14)33-23-25-20-19(21(30)26-22(31)27(20)2)28(23)12-16(29)13-32-17-9-7-15(24)8-10-17/h4-11,16,29H,3,12-13H2,1-2H3,(H,26,30,31). The van der Waals surface area contributed by atoms with E-state index in [0.717, 1.165) is 12.0 Å². The Hall–Kier alpha value is -3.56. The SMILES string of the molecule is CCc1cccc(Oc2nc3c(c(=O)[nH]c(=O)n3C)n2CC(O)COc2ccc(Cl)cc2)c1. The number of H-pyrrole nitrogens is 1. The largest absolute Gasteiger partial charge is 0.491 e. The molecule has 2 aromatic heterocycles. The first-order valence-corrected chi connectivity index (χ1v) is 10.8. The molecule has 0 saturated carbocycles. The fraction of sp³-hybridized carbons (Fsp3) is 0.261. The molecule has 2 N–H and O–H groups in total. The number of aliphatic hydroxyl groups is 1. The molecule has 0 aliphatic rings. The minimum Gasteiger partial charge on any atom is -0.491 e. The maximum absolute atomic E-state index is 12.6. The Labute approximate surface area is 193 Å². The van der Waals surface area contributed by atoms with Crippen LogP contribution in [0, 0.1) is 0 Å². The van der Waals surface area contributed by atoms with Gasteiger partial charge in [-0.1, -0.05) is 30.7 Å². The van der Waals surface area contributed by atoms with Gasteiger partial charge in [0, 0.05) is 12.1 Å². The van der Waals surface area contributed by atoms with Gasteiger partial charge in [-0.2, -0.15) is 4.98 Å². The van der Waals surface area contributed by atoms with E-state index in [1.807, 2.05) is 25.1 Å². The number of benzene rings is 2. The lowest BCUT2D eigenvalue weighted by atomic mass is 10.2. The van der Waals surface area contributed by atoms with E-state index in [0.29, 0.717) is 16.5 Å². The summed E-state index contributed by atoms with van der Waals surface area (Å²) in [5.41, 5.74) is 0.115. The first-order chi connectivity index (χ1) is 15.9. The fourth-order valence-corrected chi connectivity index (χ4v) is 3.51. The third kappa shape index (κ3) is 4.94. The highest BCUT2D eigenvalue weighted by atomic mass is 35.5. The zero-order valence-electron chi connectivity index (χ0n) is 18.1. The molecular weight excluding hydrogens is 448 g/mol. The van der Waals surface area contributed by atoms with Crippen LogP contribution < -0.4 is 20.7 Å². The molecule has 0 amide bonds. The molecule has 2 heterocycles. The first kappa shape index (κ1) is 22.6. The normalized spacial score (nSPS) is 12.1. The number of aryl methyl sites for hydroxylation is 2. The number of nitrogens with zero attached hydrogens (tertiary/aromatic N) is 3. The lowest BCUT2D eigenvalue weighted by Gasteiger charge is -2.15. The minimum absolute atomic E-state index is 0.0459. The lowest BCUT2D eigenvalue weighted by Crippen LogP contribution is -2.30. The molecule has 1 atom stereocenters. The molecular formula is C23H23ClN4O5. The molecule has 2 aromatic carbocycles. The Bertz CT molecular complexity index is 1390. The molecule has 4 aromatic rings. The number of rotatable bonds is 8. The van der Waals surface area contributed by atoms with E-state index >= 15 is 0 Å². The van der Waals surface area contributed by atoms with Gasteiger partial charge >= 0.3 is 11.7 Å². The first-order valence-electron chi connectivity index (χ1n) is 10.4. The maximum atomic E-state index is 12.6. The number of aromatic amines is 1. The van der Waals surface area contributed by atoms with E-state index in [1.165, 1.54) is 16.2 Å². The summed E-state index contributed by atoms with van der Waals surface area (Å²) in [7, 11) is 1.50. The molecule has 9 nitrogen and oxygen atoms in total. The molecule has 10 heteroatoms. The molecule has 0 aliphatic heterocycles. The van der Waals surface area contributed by atoms with Crippen molar-refractivity contribution in [3.8, 4) is 17.5 Å². The van der Waals surface area contributed by atoms with Gasteiger partial charge in [0.25, 0.3) is 5.56 Å². The zero-order chi connectivity index (χ0) is 23.5. The van der Waals surface area contributed by atoms with Crippen molar-refractivity contribution in [1.29, 1.82) is 0 Å². The van der Waals surface area contributed by atoms with Crippen molar-refractivity contribution in [3.63, 3.8) is 0 Å². The van der Waals surface area contributed by atoms with Crippen molar-refractivity contribution in [1.82, 2.24) is 19.1 Å². The van der Waals surface area contributed by atoms with Crippen molar-refractivity contribution in [2.24, 2.45) is 7.05 Å². The highest BCUT2D eigenvalue weighted by molar-refractivity contribution is 6.30. The number of halogens is 1. The number of fused-ring (bicyclic) bond motifs is 1. The smallest absolute Gasteiger partial charge is 0.329 e. The summed E-state index contributed by atoms with van der Waals surface area (Å²) in [6.45, 7) is 1.94. The minimum atomic E-state index is -1.00. The topological polar surface area (TPSA) is 111 Å². The van der Waals surface area contributed by atoms with Crippen LogP contribution in [0.15, 0.2) is 58.1 Å². The number of nitrogens with one attached hydrogen (secondary N) is 1. The van der Waals surface area contributed by atoms with Crippen molar-refractivity contribution in [2.75, 3.05) is 6.61 Å². The summed E-state index contributed by atoms with van der Waals surface area (Å²) in [5.74, 6) is 1.07. The monoisotopic (exact) mass is 470 g/mol. The van der Waals surface area contributed by atoms with Crippen molar-refractivity contribution in [2.45, 2.75) is 26.0 Å². The van der Waals surface area contributed by atoms with Gasteiger partial charge < -0.3 is 14.6 Å².